The summed E-state index contributed by atoms with van der Waals surface area (Å²) in [5.41, 5.74) is 0.619. The summed E-state index contributed by atoms with van der Waals surface area (Å²) in [6, 6.07) is 19.0. The van der Waals surface area contributed by atoms with E-state index in [0.29, 0.717) is 11.3 Å². The van der Waals surface area contributed by atoms with Crippen molar-refractivity contribution in [3.8, 4) is 0 Å². The number of non-ortho nitro benzene ring substituents is 2. The Hall–Kier alpha value is -4.64. The number of nitro benzene ring substituents is 2. The Morgan fingerprint density at radius 2 is 1.35 bits per heavy atom. The van der Waals surface area contributed by atoms with Crippen LogP contribution in [-0.4, -0.2) is 27.8 Å². The van der Waals surface area contributed by atoms with Gasteiger partial charge in [0.25, 0.3) is 17.3 Å². The van der Waals surface area contributed by atoms with Crippen LogP contribution in [0.1, 0.15) is 11.6 Å². The van der Waals surface area contributed by atoms with Crippen molar-refractivity contribution in [3.63, 3.8) is 0 Å². The fraction of sp³-hybridized carbons (Fsp3) is 0.130. The maximum atomic E-state index is 13.6. The van der Waals surface area contributed by atoms with E-state index in [9.17, 15) is 29.8 Å². The summed E-state index contributed by atoms with van der Waals surface area (Å²) in [6.07, 6.45) is -1.20. The number of para-hydroxylation sites is 1. The zero-order valence-corrected chi connectivity index (χ0v) is 17.4. The number of nitrogens with zero attached hydrogens (tertiary/aromatic N) is 4. The molecule has 2 saturated heterocycles. The van der Waals surface area contributed by atoms with Gasteiger partial charge in [0.2, 0.25) is 5.91 Å². The monoisotopic (exact) mass is 460 g/mol. The molecule has 3 atom stereocenters. The van der Waals surface area contributed by atoms with E-state index < -0.39 is 39.7 Å². The van der Waals surface area contributed by atoms with Crippen molar-refractivity contribution in [1.82, 2.24) is 0 Å². The van der Waals surface area contributed by atoms with Gasteiger partial charge in [0.15, 0.2) is 6.10 Å². The van der Waals surface area contributed by atoms with Gasteiger partial charge in [-0.05, 0) is 23.8 Å². The SMILES string of the molecule is O=C1C2ON(c3ccccc3)C(c3cccc([N+](=O)[O-])c3)C2C(=O)N1c1cccc([N+](=O)[O-])c1. The minimum Gasteiger partial charge on any atom is -0.273 e. The average molecular weight is 460 g/mol. The van der Waals surface area contributed by atoms with Crippen LogP contribution in [0.25, 0.3) is 0 Å². The van der Waals surface area contributed by atoms with E-state index in [0.717, 1.165) is 11.0 Å². The lowest BCUT2D eigenvalue weighted by atomic mass is 9.90. The topological polar surface area (TPSA) is 136 Å². The van der Waals surface area contributed by atoms with Gasteiger partial charge in [0.1, 0.15) is 5.92 Å². The average Bonchev–Trinajstić information content (AvgIpc) is 3.35. The molecule has 0 N–H and O–H groups in total. The van der Waals surface area contributed by atoms with Gasteiger partial charge in [-0.15, -0.1) is 0 Å². The highest BCUT2D eigenvalue weighted by atomic mass is 16.7. The first-order valence-electron chi connectivity index (χ1n) is 10.2. The molecule has 0 saturated carbocycles. The number of carbonyl (C=O) groups excluding carboxylic acids is 2. The van der Waals surface area contributed by atoms with Crippen LogP contribution in [0.15, 0.2) is 78.9 Å². The zero-order valence-electron chi connectivity index (χ0n) is 17.4. The Balaban J connectivity index is 1.60. The van der Waals surface area contributed by atoms with E-state index in [1.807, 2.05) is 0 Å². The van der Waals surface area contributed by atoms with E-state index in [1.165, 1.54) is 41.5 Å². The first-order valence-corrected chi connectivity index (χ1v) is 10.2. The minimum absolute atomic E-state index is 0.0613. The molecule has 0 spiro atoms. The van der Waals surface area contributed by atoms with Crippen LogP contribution in [0.4, 0.5) is 22.7 Å². The molecule has 2 aliphatic heterocycles. The van der Waals surface area contributed by atoms with Gasteiger partial charge >= 0.3 is 0 Å². The van der Waals surface area contributed by atoms with Crippen LogP contribution in [0.3, 0.4) is 0 Å². The summed E-state index contributed by atoms with van der Waals surface area (Å²) in [7, 11) is 0. The molecule has 0 aromatic heterocycles. The van der Waals surface area contributed by atoms with Crippen LogP contribution < -0.4 is 9.96 Å². The molecule has 2 aliphatic rings. The van der Waals surface area contributed by atoms with Crippen LogP contribution in [0.5, 0.6) is 0 Å². The zero-order chi connectivity index (χ0) is 24.0. The molecule has 34 heavy (non-hydrogen) atoms. The normalized spacial score (nSPS) is 21.6. The molecular weight excluding hydrogens is 444 g/mol. The first kappa shape index (κ1) is 21.2. The fourth-order valence-corrected chi connectivity index (χ4v) is 4.37. The number of fused-ring (bicyclic) bond motifs is 1. The maximum Gasteiger partial charge on any atom is 0.271 e. The number of carbonyl (C=O) groups is 2. The second kappa shape index (κ2) is 8.05. The Bertz CT molecular complexity index is 1330. The summed E-state index contributed by atoms with van der Waals surface area (Å²) >= 11 is 0. The molecule has 11 nitrogen and oxygen atoms in total. The number of imide groups is 1. The van der Waals surface area contributed by atoms with Crippen molar-refractivity contribution in [2.24, 2.45) is 5.92 Å². The van der Waals surface area contributed by atoms with Crippen molar-refractivity contribution >= 4 is 34.6 Å². The lowest BCUT2D eigenvalue weighted by Gasteiger charge is -2.28. The van der Waals surface area contributed by atoms with Gasteiger partial charge in [-0.3, -0.25) is 34.7 Å². The standard InChI is InChI=1S/C23H16N4O7/c28-22-19-20(14-6-4-10-17(12-14)26(30)31)25(15-7-2-1-3-8-15)34-21(19)23(29)24(22)16-9-5-11-18(13-16)27(32)33/h1-13,19-21H. The quantitative estimate of drug-likeness (QED) is 0.320. The highest BCUT2D eigenvalue weighted by Gasteiger charge is 2.60. The van der Waals surface area contributed by atoms with Crippen molar-refractivity contribution in [3.05, 3.63) is 105 Å². The summed E-state index contributed by atoms with van der Waals surface area (Å²) in [5, 5.41) is 24.0. The number of amides is 2. The van der Waals surface area contributed by atoms with Crippen LogP contribution in [-0.2, 0) is 14.4 Å². The van der Waals surface area contributed by atoms with E-state index in [4.69, 9.17) is 4.84 Å². The molecule has 2 amide bonds. The second-order valence-corrected chi connectivity index (χ2v) is 7.80. The smallest absolute Gasteiger partial charge is 0.271 e. The first-order chi connectivity index (χ1) is 16.4. The predicted octanol–water partition coefficient (Wildman–Crippen LogP) is 3.55. The van der Waals surface area contributed by atoms with Crippen molar-refractivity contribution in [1.29, 1.82) is 0 Å². The molecule has 0 bridgehead atoms. The Morgan fingerprint density at radius 1 is 0.735 bits per heavy atom. The minimum atomic E-state index is -1.20. The van der Waals surface area contributed by atoms with Gasteiger partial charge in [-0.25, -0.2) is 9.96 Å². The maximum absolute atomic E-state index is 13.6. The van der Waals surface area contributed by atoms with E-state index >= 15 is 0 Å². The predicted molar refractivity (Wildman–Crippen MR) is 119 cm³/mol. The lowest BCUT2D eigenvalue weighted by molar-refractivity contribution is -0.385. The molecule has 0 radical (unpaired) electrons. The lowest BCUT2D eigenvalue weighted by Crippen LogP contribution is -2.37. The summed E-state index contributed by atoms with van der Waals surface area (Å²) in [6.45, 7) is 0. The van der Waals surface area contributed by atoms with Crippen molar-refractivity contribution < 1.29 is 24.3 Å². The largest absolute Gasteiger partial charge is 0.273 e. The van der Waals surface area contributed by atoms with Crippen LogP contribution >= 0.6 is 0 Å². The number of hydroxylamine groups is 1. The number of anilines is 2. The highest BCUT2D eigenvalue weighted by molar-refractivity contribution is 6.24. The van der Waals surface area contributed by atoms with E-state index in [-0.39, 0.29) is 17.1 Å². The molecular formula is C23H16N4O7. The third-order valence-electron chi connectivity index (χ3n) is 5.85. The van der Waals surface area contributed by atoms with E-state index in [2.05, 4.69) is 0 Å². The number of hydrogen-bond donors (Lipinski definition) is 0. The molecule has 170 valence electrons. The van der Waals surface area contributed by atoms with Crippen LogP contribution in [0, 0.1) is 26.1 Å². The van der Waals surface area contributed by atoms with Gasteiger partial charge in [0.05, 0.1) is 27.3 Å². The van der Waals surface area contributed by atoms with Gasteiger partial charge in [-0.1, -0.05) is 36.4 Å². The third kappa shape index (κ3) is 3.35. The molecule has 5 rings (SSSR count). The third-order valence-corrected chi connectivity index (χ3v) is 5.85. The Morgan fingerprint density at radius 3 is 2.03 bits per heavy atom. The molecule has 3 aromatic rings. The highest BCUT2D eigenvalue weighted by Crippen LogP contribution is 2.48. The van der Waals surface area contributed by atoms with E-state index in [1.54, 1.807) is 36.4 Å². The molecule has 3 unspecified atom stereocenters. The molecule has 0 aliphatic carbocycles. The summed E-state index contributed by atoms with van der Waals surface area (Å²) in [4.78, 5) is 55.1. The second-order valence-electron chi connectivity index (χ2n) is 7.80. The molecule has 2 fully saturated rings. The van der Waals surface area contributed by atoms with Gasteiger partial charge < -0.3 is 0 Å². The van der Waals surface area contributed by atoms with Crippen LogP contribution in [0.2, 0.25) is 0 Å². The van der Waals surface area contributed by atoms with Gasteiger partial charge in [-0.2, -0.15) is 0 Å². The number of hydrogen-bond acceptors (Lipinski definition) is 8. The van der Waals surface area contributed by atoms with Gasteiger partial charge in [0, 0.05) is 24.3 Å². The Kier molecular flexibility index (Phi) is 5.02. The summed E-state index contributed by atoms with van der Waals surface area (Å²) in [5.74, 6) is -2.29. The fourth-order valence-electron chi connectivity index (χ4n) is 4.37. The molecule has 3 aromatic carbocycles. The summed E-state index contributed by atoms with van der Waals surface area (Å²) < 4.78 is 0. The number of rotatable bonds is 5. The van der Waals surface area contributed by atoms with Crippen molar-refractivity contribution in [2.45, 2.75) is 12.1 Å². The molecule has 2 heterocycles. The van der Waals surface area contributed by atoms with Crippen molar-refractivity contribution in [2.75, 3.05) is 9.96 Å². The number of benzene rings is 3. The Labute approximate surface area is 192 Å². The molecule has 11 heteroatoms. The number of nitro groups is 2.